The van der Waals surface area contributed by atoms with Gasteiger partial charge in [0.25, 0.3) is 0 Å². The second-order valence-corrected chi connectivity index (χ2v) is 7.18. The van der Waals surface area contributed by atoms with Crippen LogP contribution in [0.1, 0.15) is 37.4 Å². The molecule has 2 aromatic rings. The summed E-state index contributed by atoms with van der Waals surface area (Å²) in [5.41, 5.74) is 5.23. The molecule has 1 aromatic heterocycles. The molecule has 2 fully saturated rings. The van der Waals surface area contributed by atoms with Gasteiger partial charge in [-0.1, -0.05) is 25.1 Å². The van der Waals surface area contributed by atoms with Crippen LogP contribution in [0.3, 0.4) is 0 Å². The number of pyridine rings is 1. The minimum absolute atomic E-state index is 0.708. The summed E-state index contributed by atoms with van der Waals surface area (Å²) in [5, 5.41) is 1.33. The number of hydrogen-bond acceptors (Lipinski definition) is 3. The quantitative estimate of drug-likeness (QED) is 0.841. The zero-order chi connectivity index (χ0) is 16.0. The van der Waals surface area contributed by atoms with E-state index in [1.54, 1.807) is 0 Å². The molecule has 4 rings (SSSR count). The summed E-state index contributed by atoms with van der Waals surface area (Å²) < 4.78 is 0. The molecule has 3 heteroatoms. The van der Waals surface area contributed by atoms with Gasteiger partial charge >= 0.3 is 0 Å². The second kappa shape index (κ2) is 5.79. The third kappa shape index (κ3) is 2.42. The first-order valence-corrected chi connectivity index (χ1v) is 9.04. The summed E-state index contributed by atoms with van der Waals surface area (Å²) in [6.07, 6.45) is 5.07. The smallest absolute Gasteiger partial charge is 0.0726 e. The van der Waals surface area contributed by atoms with Crippen molar-refractivity contribution in [2.75, 3.05) is 25.0 Å². The first kappa shape index (κ1) is 14.9. The van der Waals surface area contributed by atoms with Crippen molar-refractivity contribution < 1.29 is 0 Å². The number of para-hydroxylation sites is 1. The Morgan fingerprint density at radius 3 is 2.74 bits per heavy atom. The molecule has 0 saturated carbocycles. The van der Waals surface area contributed by atoms with Gasteiger partial charge in [-0.05, 0) is 51.3 Å². The predicted molar refractivity (Wildman–Crippen MR) is 97.3 cm³/mol. The molecular weight excluding hydrogens is 282 g/mol. The molecule has 3 heterocycles. The van der Waals surface area contributed by atoms with E-state index in [0.29, 0.717) is 6.04 Å². The van der Waals surface area contributed by atoms with Crippen LogP contribution in [0.25, 0.3) is 10.9 Å². The molecule has 23 heavy (non-hydrogen) atoms. The van der Waals surface area contributed by atoms with Gasteiger partial charge in [-0.25, -0.2) is 0 Å². The van der Waals surface area contributed by atoms with E-state index in [1.807, 2.05) is 0 Å². The highest BCUT2D eigenvalue weighted by molar-refractivity contribution is 5.94. The Kier molecular flexibility index (Phi) is 3.76. The standard InChI is InChI=1S/C20H27N3/c1-4-17-14(2)21-19-8-6-5-7-18(19)20(17)23-12-11-15-9-10-16(13-23)22(15)3/h5-8,15-16H,4,9-13H2,1-3H3. The maximum absolute atomic E-state index is 4.85. The van der Waals surface area contributed by atoms with Crippen molar-refractivity contribution in [3.8, 4) is 0 Å². The predicted octanol–water partition coefficient (Wildman–Crippen LogP) is 3.78. The van der Waals surface area contributed by atoms with Crippen molar-refractivity contribution in [3.63, 3.8) is 0 Å². The van der Waals surface area contributed by atoms with E-state index in [2.05, 4.69) is 55.0 Å². The molecule has 2 saturated heterocycles. The van der Waals surface area contributed by atoms with Gasteiger partial charge < -0.3 is 4.90 Å². The van der Waals surface area contributed by atoms with Gasteiger partial charge in [0.2, 0.25) is 0 Å². The molecule has 0 N–H and O–H groups in total. The number of aromatic nitrogens is 1. The van der Waals surface area contributed by atoms with E-state index in [0.717, 1.165) is 24.5 Å². The van der Waals surface area contributed by atoms with E-state index < -0.39 is 0 Å². The Morgan fingerprint density at radius 1 is 1.13 bits per heavy atom. The van der Waals surface area contributed by atoms with Crippen LogP contribution < -0.4 is 4.90 Å². The molecule has 0 amide bonds. The lowest BCUT2D eigenvalue weighted by Gasteiger charge is -2.31. The Bertz CT molecular complexity index is 724. The van der Waals surface area contributed by atoms with Crippen molar-refractivity contribution in [2.24, 2.45) is 0 Å². The van der Waals surface area contributed by atoms with Crippen LogP contribution in [0.15, 0.2) is 24.3 Å². The summed E-state index contributed by atoms with van der Waals surface area (Å²) in [5.74, 6) is 0. The van der Waals surface area contributed by atoms with Crippen LogP contribution in [0, 0.1) is 6.92 Å². The van der Waals surface area contributed by atoms with Gasteiger partial charge in [0.05, 0.1) is 11.2 Å². The van der Waals surface area contributed by atoms with Gasteiger partial charge in [0, 0.05) is 36.3 Å². The number of aryl methyl sites for hydroxylation is 1. The molecule has 2 unspecified atom stereocenters. The lowest BCUT2D eigenvalue weighted by atomic mass is 10.0. The summed E-state index contributed by atoms with van der Waals surface area (Å²) >= 11 is 0. The van der Waals surface area contributed by atoms with Gasteiger partial charge in [0.1, 0.15) is 0 Å². The Hall–Kier alpha value is -1.61. The fourth-order valence-corrected chi connectivity index (χ4v) is 4.65. The Balaban J connectivity index is 1.84. The average Bonchev–Trinajstić information content (AvgIpc) is 2.79. The summed E-state index contributed by atoms with van der Waals surface area (Å²) in [6, 6.07) is 10.1. The number of nitrogens with zero attached hydrogens (tertiary/aromatic N) is 3. The molecule has 1 aromatic carbocycles. The topological polar surface area (TPSA) is 19.4 Å². The summed E-state index contributed by atoms with van der Waals surface area (Å²) in [4.78, 5) is 10.1. The van der Waals surface area contributed by atoms with E-state index in [1.165, 1.54) is 48.1 Å². The zero-order valence-corrected chi connectivity index (χ0v) is 14.5. The van der Waals surface area contributed by atoms with Gasteiger partial charge in [-0.2, -0.15) is 0 Å². The Labute approximate surface area is 139 Å². The lowest BCUT2D eigenvalue weighted by Crippen LogP contribution is -2.37. The van der Waals surface area contributed by atoms with E-state index in [-0.39, 0.29) is 0 Å². The molecule has 2 atom stereocenters. The molecule has 2 aliphatic heterocycles. The SMILES string of the molecule is CCc1c(C)nc2ccccc2c1N1CCC2CCC(C1)N2C. The summed E-state index contributed by atoms with van der Waals surface area (Å²) in [7, 11) is 2.32. The molecule has 122 valence electrons. The number of fused-ring (bicyclic) bond motifs is 3. The van der Waals surface area contributed by atoms with Crippen LogP contribution in [-0.2, 0) is 6.42 Å². The van der Waals surface area contributed by atoms with E-state index in [4.69, 9.17) is 4.98 Å². The zero-order valence-electron chi connectivity index (χ0n) is 14.5. The van der Waals surface area contributed by atoms with Crippen molar-refractivity contribution in [2.45, 2.75) is 51.6 Å². The molecule has 2 bridgehead atoms. The van der Waals surface area contributed by atoms with Gasteiger partial charge in [-0.3, -0.25) is 9.88 Å². The van der Waals surface area contributed by atoms with Crippen LogP contribution in [-0.4, -0.2) is 42.1 Å². The number of anilines is 1. The number of rotatable bonds is 2. The molecule has 2 aliphatic rings. The van der Waals surface area contributed by atoms with Gasteiger partial charge in [0.15, 0.2) is 0 Å². The Morgan fingerprint density at radius 2 is 1.91 bits per heavy atom. The molecule has 3 nitrogen and oxygen atoms in total. The van der Waals surface area contributed by atoms with Crippen LogP contribution in [0.4, 0.5) is 5.69 Å². The third-order valence-electron chi connectivity index (χ3n) is 5.99. The number of hydrogen-bond donors (Lipinski definition) is 0. The van der Waals surface area contributed by atoms with Crippen molar-refractivity contribution in [1.29, 1.82) is 0 Å². The maximum atomic E-state index is 4.85. The molecule has 0 radical (unpaired) electrons. The average molecular weight is 309 g/mol. The highest BCUT2D eigenvalue weighted by atomic mass is 15.3. The minimum atomic E-state index is 0.708. The number of benzene rings is 1. The van der Waals surface area contributed by atoms with E-state index >= 15 is 0 Å². The van der Waals surface area contributed by atoms with Crippen molar-refractivity contribution in [1.82, 2.24) is 9.88 Å². The lowest BCUT2D eigenvalue weighted by molar-refractivity contribution is 0.254. The molecule has 0 aliphatic carbocycles. The minimum Gasteiger partial charge on any atom is -0.369 e. The second-order valence-electron chi connectivity index (χ2n) is 7.18. The molecular formula is C20H27N3. The fraction of sp³-hybridized carbons (Fsp3) is 0.550. The van der Waals surface area contributed by atoms with Gasteiger partial charge in [-0.15, -0.1) is 0 Å². The van der Waals surface area contributed by atoms with Crippen molar-refractivity contribution in [3.05, 3.63) is 35.5 Å². The first-order chi connectivity index (χ1) is 11.2. The highest BCUT2D eigenvalue weighted by Crippen LogP contribution is 2.36. The maximum Gasteiger partial charge on any atom is 0.0726 e. The van der Waals surface area contributed by atoms with Crippen LogP contribution in [0.2, 0.25) is 0 Å². The van der Waals surface area contributed by atoms with Crippen LogP contribution in [0.5, 0.6) is 0 Å². The van der Waals surface area contributed by atoms with Crippen LogP contribution >= 0.6 is 0 Å². The molecule has 0 spiro atoms. The van der Waals surface area contributed by atoms with Crippen molar-refractivity contribution >= 4 is 16.6 Å². The largest absolute Gasteiger partial charge is 0.369 e. The van der Waals surface area contributed by atoms with E-state index in [9.17, 15) is 0 Å². The first-order valence-electron chi connectivity index (χ1n) is 9.04. The third-order valence-corrected chi connectivity index (χ3v) is 5.99. The summed E-state index contributed by atoms with van der Waals surface area (Å²) in [6.45, 7) is 6.77. The highest BCUT2D eigenvalue weighted by Gasteiger charge is 2.35. The monoisotopic (exact) mass is 309 g/mol. The number of likely N-dealkylation sites (N-methyl/N-ethyl adjacent to an activating group) is 1. The fourth-order valence-electron chi connectivity index (χ4n) is 4.65. The normalized spacial score (nSPS) is 25.1.